The van der Waals surface area contributed by atoms with Gasteiger partial charge in [0.1, 0.15) is 17.2 Å². The summed E-state index contributed by atoms with van der Waals surface area (Å²) in [7, 11) is 4.12. The van der Waals surface area contributed by atoms with Gasteiger partial charge in [0.15, 0.2) is 5.65 Å². The Morgan fingerprint density at radius 3 is 1.82 bits per heavy atom. The van der Waals surface area contributed by atoms with Gasteiger partial charge in [-0.1, -0.05) is 48.5 Å². The third-order valence-electron chi connectivity index (χ3n) is 6.96. The fourth-order valence-electron chi connectivity index (χ4n) is 5.11. The third-order valence-corrected chi connectivity index (χ3v) is 6.96. The fourth-order valence-corrected chi connectivity index (χ4v) is 5.11. The normalized spacial score (nSPS) is 11.3. The van der Waals surface area contributed by atoms with E-state index < -0.39 is 0 Å². The van der Waals surface area contributed by atoms with E-state index in [1.54, 1.807) is 0 Å². The number of benzene rings is 4. The van der Waals surface area contributed by atoms with E-state index >= 15 is 0 Å². The summed E-state index contributed by atoms with van der Waals surface area (Å²) in [4.78, 5) is 17.0. The second-order valence-electron chi connectivity index (χ2n) is 9.71. The fraction of sp³-hybridized carbons (Fsp3) is 0.0606. The summed E-state index contributed by atoms with van der Waals surface area (Å²) in [5, 5.41) is 0. The van der Waals surface area contributed by atoms with Crippen molar-refractivity contribution in [3.05, 3.63) is 121 Å². The van der Waals surface area contributed by atoms with Gasteiger partial charge in [-0.3, -0.25) is 9.13 Å². The Bertz CT molecular complexity index is 1800. The molecule has 0 fully saturated rings. The van der Waals surface area contributed by atoms with E-state index in [0.29, 0.717) is 0 Å². The van der Waals surface area contributed by atoms with Gasteiger partial charge in [-0.15, -0.1) is 0 Å². The topological polar surface area (TPSA) is 51.8 Å². The SMILES string of the molecule is CN(C)c1cc(-c2nc3ccccc3n2-c2ccccc2)cc(-c2nc3cccnc3n2-c2ccccc2)c1. The molecule has 4 aromatic carbocycles. The van der Waals surface area contributed by atoms with Crippen LogP contribution in [0, 0.1) is 0 Å². The number of nitrogens with zero attached hydrogens (tertiary/aromatic N) is 6. The van der Waals surface area contributed by atoms with Crippen molar-refractivity contribution in [2.24, 2.45) is 0 Å². The smallest absolute Gasteiger partial charge is 0.164 e. The summed E-state index contributed by atoms with van der Waals surface area (Å²) in [6.07, 6.45) is 1.82. The number of imidazole rings is 2. The van der Waals surface area contributed by atoms with Crippen LogP contribution in [0.25, 0.3) is 56.3 Å². The molecular formula is C33H26N6. The maximum absolute atomic E-state index is 5.12. The van der Waals surface area contributed by atoms with Crippen LogP contribution >= 0.6 is 0 Å². The van der Waals surface area contributed by atoms with Crippen LogP contribution in [-0.4, -0.2) is 38.2 Å². The minimum Gasteiger partial charge on any atom is -0.378 e. The standard InChI is InChI=1S/C33H26N6/c1-37(2)27-21-23(31-35-28-16-9-10-18-30(28)38(31)25-12-5-3-6-13-25)20-24(22-27)32-36-29-17-11-19-34-33(29)39(32)26-14-7-4-8-15-26/h3-22H,1-2H3. The highest BCUT2D eigenvalue weighted by atomic mass is 15.1. The molecule has 0 atom stereocenters. The number of rotatable bonds is 5. The molecule has 0 saturated heterocycles. The molecule has 3 aromatic heterocycles. The molecule has 0 bridgehead atoms. The van der Waals surface area contributed by atoms with E-state index in [0.717, 1.165) is 62.0 Å². The van der Waals surface area contributed by atoms with E-state index in [9.17, 15) is 0 Å². The highest BCUT2D eigenvalue weighted by Crippen LogP contribution is 2.36. The van der Waals surface area contributed by atoms with Crippen molar-refractivity contribution in [2.45, 2.75) is 0 Å². The van der Waals surface area contributed by atoms with Gasteiger partial charge in [0.2, 0.25) is 0 Å². The summed E-state index contributed by atoms with van der Waals surface area (Å²) in [6, 6.07) is 39.5. The molecule has 0 spiro atoms. The van der Waals surface area contributed by atoms with E-state index in [-0.39, 0.29) is 0 Å². The van der Waals surface area contributed by atoms with Gasteiger partial charge in [0.25, 0.3) is 0 Å². The van der Waals surface area contributed by atoms with E-state index in [4.69, 9.17) is 15.0 Å². The molecule has 6 nitrogen and oxygen atoms in total. The Balaban J connectivity index is 1.52. The van der Waals surface area contributed by atoms with Crippen molar-refractivity contribution < 1.29 is 0 Å². The first kappa shape index (κ1) is 22.9. The Kier molecular flexibility index (Phi) is 5.44. The minimum atomic E-state index is 0.826. The summed E-state index contributed by atoms with van der Waals surface area (Å²) < 4.78 is 4.36. The number of anilines is 1. The maximum atomic E-state index is 5.12. The van der Waals surface area contributed by atoms with Crippen LogP contribution in [-0.2, 0) is 0 Å². The summed E-state index contributed by atoms with van der Waals surface area (Å²) in [5.74, 6) is 1.72. The van der Waals surface area contributed by atoms with Gasteiger partial charge in [0.05, 0.1) is 11.0 Å². The van der Waals surface area contributed by atoms with Gasteiger partial charge >= 0.3 is 0 Å². The van der Waals surface area contributed by atoms with Gasteiger partial charge in [-0.2, -0.15) is 0 Å². The van der Waals surface area contributed by atoms with E-state index in [1.807, 2.05) is 48.7 Å². The van der Waals surface area contributed by atoms with Crippen molar-refractivity contribution in [1.29, 1.82) is 0 Å². The number of fused-ring (bicyclic) bond motifs is 2. The first-order valence-electron chi connectivity index (χ1n) is 12.9. The lowest BCUT2D eigenvalue weighted by atomic mass is 10.1. The third kappa shape index (κ3) is 3.94. The number of hydrogen-bond donors (Lipinski definition) is 0. The zero-order chi connectivity index (χ0) is 26.3. The average molecular weight is 507 g/mol. The Morgan fingerprint density at radius 1 is 0.564 bits per heavy atom. The van der Waals surface area contributed by atoms with Crippen LogP contribution in [0.4, 0.5) is 5.69 Å². The van der Waals surface area contributed by atoms with Crippen LogP contribution in [0.1, 0.15) is 0 Å². The molecule has 0 amide bonds. The van der Waals surface area contributed by atoms with E-state index in [2.05, 4.69) is 101 Å². The van der Waals surface area contributed by atoms with Gasteiger partial charge in [-0.05, 0) is 66.7 Å². The second kappa shape index (κ2) is 9.26. The van der Waals surface area contributed by atoms with Crippen molar-refractivity contribution in [1.82, 2.24) is 24.1 Å². The molecule has 0 aliphatic rings. The van der Waals surface area contributed by atoms with Crippen molar-refractivity contribution in [2.75, 3.05) is 19.0 Å². The predicted octanol–water partition coefficient (Wildman–Crippen LogP) is 7.16. The molecule has 6 heteroatoms. The molecule has 7 rings (SSSR count). The summed E-state index contributed by atoms with van der Waals surface area (Å²) >= 11 is 0. The maximum Gasteiger partial charge on any atom is 0.164 e. The van der Waals surface area contributed by atoms with Crippen LogP contribution in [0.15, 0.2) is 121 Å². The first-order valence-corrected chi connectivity index (χ1v) is 12.9. The van der Waals surface area contributed by atoms with Gasteiger partial charge in [-0.25, -0.2) is 15.0 Å². The molecular weight excluding hydrogens is 480 g/mol. The van der Waals surface area contributed by atoms with Crippen LogP contribution in [0.5, 0.6) is 0 Å². The predicted molar refractivity (Wildman–Crippen MR) is 159 cm³/mol. The van der Waals surface area contributed by atoms with E-state index in [1.165, 1.54) is 0 Å². The molecule has 0 N–H and O–H groups in total. The quantitative estimate of drug-likeness (QED) is 0.249. The molecule has 0 unspecified atom stereocenters. The highest BCUT2D eigenvalue weighted by Gasteiger charge is 2.20. The Hall–Kier alpha value is -5.23. The van der Waals surface area contributed by atoms with Crippen LogP contribution < -0.4 is 4.90 Å². The molecule has 0 saturated carbocycles. The number of hydrogen-bond acceptors (Lipinski definition) is 4. The monoisotopic (exact) mass is 506 g/mol. The van der Waals surface area contributed by atoms with Crippen LogP contribution in [0.3, 0.4) is 0 Å². The largest absolute Gasteiger partial charge is 0.378 e. The van der Waals surface area contributed by atoms with Crippen molar-refractivity contribution in [3.63, 3.8) is 0 Å². The zero-order valence-corrected chi connectivity index (χ0v) is 21.7. The molecule has 7 aromatic rings. The Morgan fingerprint density at radius 2 is 1.13 bits per heavy atom. The summed E-state index contributed by atoms with van der Waals surface area (Å²) in [5.41, 5.74) is 8.84. The molecule has 0 radical (unpaired) electrons. The Labute approximate surface area is 226 Å². The van der Waals surface area contributed by atoms with Gasteiger partial charge < -0.3 is 4.90 Å². The molecule has 0 aliphatic heterocycles. The summed E-state index contributed by atoms with van der Waals surface area (Å²) in [6.45, 7) is 0. The lowest BCUT2D eigenvalue weighted by molar-refractivity contribution is 1.07. The zero-order valence-electron chi connectivity index (χ0n) is 21.7. The highest BCUT2D eigenvalue weighted by molar-refractivity contribution is 5.86. The molecule has 188 valence electrons. The van der Waals surface area contributed by atoms with Crippen molar-refractivity contribution >= 4 is 27.9 Å². The average Bonchev–Trinajstić information content (AvgIpc) is 3.57. The van der Waals surface area contributed by atoms with Crippen molar-refractivity contribution in [3.8, 4) is 34.2 Å². The lowest BCUT2D eigenvalue weighted by Crippen LogP contribution is -2.09. The first-order chi connectivity index (χ1) is 19.2. The number of aromatic nitrogens is 5. The molecule has 0 aliphatic carbocycles. The molecule has 3 heterocycles. The van der Waals surface area contributed by atoms with Gasteiger partial charge in [0, 0.05) is 48.5 Å². The van der Waals surface area contributed by atoms with Crippen LogP contribution in [0.2, 0.25) is 0 Å². The minimum absolute atomic E-state index is 0.826. The second-order valence-corrected chi connectivity index (χ2v) is 9.71. The lowest BCUT2D eigenvalue weighted by Gasteiger charge is -2.17. The number of para-hydroxylation sites is 4. The molecule has 39 heavy (non-hydrogen) atoms. The number of pyridine rings is 1.